The van der Waals surface area contributed by atoms with E-state index in [4.69, 9.17) is 39.1 Å². The predicted molar refractivity (Wildman–Crippen MR) is 151 cm³/mol. The molecule has 4 aromatic rings. The molecule has 0 saturated carbocycles. The summed E-state index contributed by atoms with van der Waals surface area (Å²) < 4.78 is 15.2. The molecule has 6 rings (SSSR count). The normalized spacial score (nSPS) is 18.5. The van der Waals surface area contributed by atoms with Gasteiger partial charge in [-0.15, -0.1) is 6.42 Å². The predicted octanol–water partition coefficient (Wildman–Crippen LogP) is 1.29. The molecule has 2 aliphatic rings. The van der Waals surface area contributed by atoms with E-state index in [9.17, 15) is 5.11 Å². The number of fused-ring (bicyclic) bond motifs is 2. The second-order valence-electron chi connectivity index (χ2n) is 9.92. The molecular weight excluding hydrogens is 610 g/mol. The Balaban J connectivity index is 0.000000224. The average molecular weight is 640 g/mol. The summed E-state index contributed by atoms with van der Waals surface area (Å²) in [6, 6.07) is 0. The van der Waals surface area contributed by atoms with Crippen molar-refractivity contribution in [3.63, 3.8) is 0 Å². The van der Waals surface area contributed by atoms with Crippen LogP contribution in [-0.4, -0.2) is 68.4 Å². The van der Waals surface area contributed by atoms with Crippen molar-refractivity contribution in [3.8, 4) is 24.2 Å². The zero-order chi connectivity index (χ0) is 28.3. The van der Waals surface area contributed by atoms with E-state index in [1.807, 2.05) is 9.13 Å². The van der Waals surface area contributed by atoms with Gasteiger partial charge in [0.25, 0.3) is 0 Å². The Labute approximate surface area is 295 Å². The van der Waals surface area contributed by atoms with Crippen molar-refractivity contribution in [2.75, 3.05) is 13.2 Å². The number of nitrogens with zero attached hydrogens (tertiary/aromatic N) is 8. The van der Waals surface area contributed by atoms with Gasteiger partial charge in [-0.1, -0.05) is 29.1 Å². The molecule has 0 aliphatic carbocycles. The molecular formula is C27H29Cl2KN8O4. The molecule has 42 heavy (non-hydrogen) atoms. The first-order valence-corrected chi connectivity index (χ1v) is 13.7. The topological polar surface area (TPSA) is 156 Å². The molecule has 2 saturated heterocycles. The summed E-state index contributed by atoms with van der Waals surface area (Å²) in [6.45, 7) is 4.68. The molecule has 2 fully saturated rings. The van der Waals surface area contributed by atoms with E-state index >= 15 is 0 Å². The number of hydrogen-bond acceptors (Lipinski definition) is 10. The molecule has 0 amide bonds. The van der Waals surface area contributed by atoms with Crippen molar-refractivity contribution in [3.05, 3.63) is 34.6 Å². The van der Waals surface area contributed by atoms with Crippen LogP contribution in [0, 0.1) is 24.2 Å². The second kappa shape index (κ2) is 15.3. The second-order valence-corrected chi connectivity index (χ2v) is 10.6. The number of halogens is 2. The standard InChI is InChI=1S/C15H17ClN4O2.C12H11ClN4O.K.H2O/c1-15(2,21)7-6-10-18-13(16)12-14(19-10)20(9-17-12)11-5-3-4-8-22-11;1-2-8-15-11(13)10-12(16-8)17(7-14-10)9-5-3-4-6-18-9;;/h9,11,21H,3-5,8H2,1-2H3;1,7,9H,3-6H2;;1H2/q;;+1;/p-1. The zero-order valence-corrected chi connectivity index (χ0v) is 28.2. The van der Waals surface area contributed by atoms with Crippen LogP contribution >= 0.6 is 23.2 Å². The van der Waals surface area contributed by atoms with Crippen molar-refractivity contribution < 1.29 is 71.4 Å². The fraction of sp³-hybridized carbons (Fsp3) is 0.481. The summed E-state index contributed by atoms with van der Waals surface area (Å²) >= 11 is 12.2. The maximum Gasteiger partial charge on any atom is 1.00 e. The number of aliphatic hydroxyl groups is 1. The molecule has 0 spiro atoms. The third-order valence-electron chi connectivity index (χ3n) is 6.30. The minimum absolute atomic E-state index is 0. The number of hydrogen-bond donors (Lipinski definition) is 1. The van der Waals surface area contributed by atoms with Crippen LogP contribution in [0.15, 0.2) is 12.7 Å². The number of terminal acetylenes is 1. The minimum Gasteiger partial charge on any atom is -0.870 e. The fourth-order valence-electron chi connectivity index (χ4n) is 4.40. The van der Waals surface area contributed by atoms with Crippen molar-refractivity contribution >= 4 is 45.5 Å². The first kappa shape index (κ1) is 34.8. The maximum absolute atomic E-state index is 9.68. The van der Waals surface area contributed by atoms with E-state index in [2.05, 4.69) is 47.7 Å². The van der Waals surface area contributed by atoms with Gasteiger partial charge in [-0.3, -0.25) is 9.13 Å². The van der Waals surface area contributed by atoms with Gasteiger partial charge >= 0.3 is 51.4 Å². The zero-order valence-electron chi connectivity index (χ0n) is 23.6. The Kier molecular flexibility index (Phi) is 12.7. The van der Waals surface area contributed by atoms with Crippen molar-refractivity contribution in [2.45, 2.75) is 70.4 Å². The SMILES string of the molecule is C#Cc1nc(Cl)c2ncn(C3CCCCO3)c2n1.CC(C)(O)C#Cc1nc(Cl)c2ncn(C3CCCCO3)c2n1.[K+].[OH-]. The molecule has 2 unspecified atom stereocenters. The van der Waals surface area contributed by atoms with Crippen molar-refractivity contribution in [1.29, 1.82) is 0 Å². The number of rotatable bonds is 2. The Hall–Kier alpha value is -1.72. The van der Waals surface area contributed by atoms with Crippen LogP contribution in [0.3, 0.4) is 0 Å². The van der Waals surface area contributed by atoms with E-state index in [-0.39, 0.29) is 91.3 Å². The van der Waals surface area contributed by atoms with Gasteiger partial charge in [-0.05, 0) is 64.2 Å². The minimum atomic E-state index is -1.11. The molecule has 216 valence electrons. The van der Waals surface area contributed by atoms with Crippen LogP contribution < -0.4 is 51.4 Å². The largest absolute Gasteiger partial charge is 1.00 e. The molecule has 2 atom stereocenters. The first-order valence-electron chi connectivity index (χ1n) is 13.0. The summed E-state index contributed by atoms with van der Waals surface area (Å²) in [6.07, 6.45) is 14.8. The van der Waals surface area contributed by atoms with Gasteiger partial charge < -0.3 is 20.1 Å². The van der Waals surface area contributed by atoms with E-state index < -0.39 is 5.60 Å². The third-order valence-corrected chi connectivity index (χ3v) is 6.83. The number of aromatic nitrogens is 8. The smallest absolute Gasteiger partial charge is 0.870 e. The van der Waals surface area contributed by atoms with E-state index in [1.165, 1.54) is 0 Å². The quantitative estimate of drug-likeness (QED) is 0.193. The average Bonchev–Trinajstić information content (AvgIpc) is 3.58. The first-order chi connectivity index (χ1) is 19.2. The molecule has 0 bridgehead atoms. The third kappa shape index (κ3) is 8.25. The van der Waals surface area contributed by atoms with E-state index in [0.717, 1.165) is 51.7 Å². The van der Waals surface area contributed by atoms with Crippen LogP contribution in [0.2, 0.25) is 10.3 Å². The molecule has 2 N–H and O–H groups in total. The number of imidazole rings is 2. The van der Waals surface area contributed by atoms with Gasteiger partial charge in [0.05, 0.1) is 12.7 Å². The van der Waals surface area contributed by atoms with E-state index in [1.54, 1.807) is 26.5 Å². The summed E-state index contributed by atoms with van der Waals surface area (Å²) in [5.74, 6) is 8.35. The Bertz CT molecular complexity index is 1620. The van der Waals surface area contributed by atoms with Crippen LogP contribution in [0.5, 0.6) is 0 Å². The van der Waals surface area contributed by atoms with Gasteiger partial charge in [0.2, 0.25) is 11.6 Å². The van der Waals surface area contributed by atoms with Crippen molar-refractivity contribution in [1.82, 2.24) is 39.0 Å². The summed E-state index contributed by atoms with van der Waals surface area (Å²) in [4.78, 5) is 25.3. The summed E-state index contributed by atoms with van der Waals surface area (Å²) in [7, 11) is 0. The maximum atomic E-state index is 9.68. The van der Waals surface area contributed by atoms with Gasteiger partial charge in [0, 0.05) is 13.2 Å². The van der Waals surface area contributed by atoms with Gasteiger partial charge in [-0.25, -0.2) is 29.9 Å². The molecule has 6 heterocycles. The van der Waals surface area contributed by atoms with Gasteiger partial charge in [0.15, 0.2) is 21.6 Å². The van der Waals surface area contributed by atoms with Gasteiger partial charge in [-0.2, -0.15) is 0 Å². The molecule has 12 nitrogen and oxygen atoms in total. The van der Waals surface area contributed by atoms with Crippen LogP contribution in [0.4, 0.5) is 0 Å². The van der Waals surface area contributed by atoms with Crippen LogP contribution in [0.1, 0.15) is 76.5 Å². The fourth-order valence-corrected chi connectivity index (χ4v) is 4.83. The summed E-state index contributed by atoms with van der Waals surface area (Å²) in [5.41, 5.74) is 1.22. The Morgan fingerprint density at radius 1 is 0.857 bits per heavy atom. The molecule has 2 aliphatic heterocycles. The van der Waals surface area contributed by atoms with Crippen molar-refractivity contribution in [2.24, 2.45) is 0 Å². The Morgan fingerprint density at radius 2 is 1.33 bits per heavy atom. The van der Waals surface area contributed by atoms with Crippen LogP contribution in [-0.2, 0) is 9.47 Å². The molecule has 0 aromatic carbocycles. The summed E-state index contributed by atoms with van der Waals surface area (Å²) in [5, 5.41) is 10.2. The van der Waals surface area contributed by atoms with Crippen LogP contribution in [0.25, 0.3) is 22.3 Å². The monoisotopic (exact) mass is 638 g/mol. The Morgan fingerprint density at radius 3 is 1.76 bits per heavy atom. The van der Waals surface area contributed by atoms with E-state index in [0.29, 0.717) is 22.3 Å². The number of ether oxygens (including phenoxy) is 2. The van der Waals surface area contributed by atoms with Gasteiger partial charge in [0.1, 0.15) is 29.1 Å². The molecule has 4 aromatic heterocycles. The molecule has 0 radical (unpaired) electrons. The molecule has 15 heteroatoms.